The van der Waals surface area contributed by atoms with E-state index in [-0.39, 0.29) is 0 Å². The molecule has 0 unspecified atom stereocenters. The van der Waals surface area contributed by atoms with Crippen LogP contribution in [0.5, 0.6) is 17.2 Å². The van der Waals surface area contributed by atoms with Gasteiger partial charge in [0.25, 0.3) is 0 Å². The Morgan fingerprint density at radius 1 is 1.06 bits per heavy atom. The van der Waals surface area contributed by atoms with Gasteiger partial charge >= 0.3 is 0 Å². The number of aryl methyl sites for hydroxylation is 2. The van der Waals surface area contributed by atoms with Gasteiger partial charge in [0.2, 0.25) is 5.75 Å². The van der Waals surface area contributed by atoms with Crippen LogP contribution in [-0.4, -0.2) is 75.3 Å². The van der Waals surface area contributed by atoms with Crippen LogP contribution in [0.15, 0.2) is 17.1 Å². The zero-order chi connectivity index (χ0) is 22.4. The van der Waals surface area contributed by atoms with Crippen LogP contribution in [-0.2, 0) is 13.1 Å². The van der Waals surface area contributed by atoms with E-state index in [9.17, 15) is 0 Å². The van der Waals surface area contributed by atoms with Crippen LogP contribution >= 0.6 is 11.3 Å². The summed E-state index contributed by atoms with van der Waals surface area (Å²) in [4.78, 5) is 15.1. The predicted octanol–water partition coefficient (Wildman–Crippen LogP) is 2.68. The minimum atomic E-state index is 0.624. The zero-order valence-electron chi connectivity index (χ0n) is 19.3. The van der Waals surface area contributed by atoms with E-state index in [1.807, 2.05) is 19.2 Å². The monoisotopic (exact) mass is 447 g/mol. The molecule has 1 aromatic carbocycles. The molecule has 1 saturated heterocycles. The first kappa shape index (κ1) is 23.1. The molecule has 0 radical (unpaired) electrons. The van der Waals surface area contributed by atoms with Gasteiger partial charge in [0.1, 0.15) is 5.01 Å². The summed E-state index contributed by atoms with van der Waals surface area (Å²) < 4.78 is 16.4. The van der Waals surface area contributed by atoms with Crippen molar-refractivity contribution in [1.82, 2.24) is 20.1 Å². The van der Waals surface area contributed by atoms with Crippen molar-refractivity contribution in [3.8, 4) is 17.2 Å². The summed E-state index contributed by atoms with van der Waals surface area (Å²) in [5.41, 5.74) is 2.25. The van der Waals surface area contributed by atoms with E-state index in [0.717, 1.165) is 54.9 Å². The maximum Gasteiger partial charge on any atom is 0.203 e. The van der Waals surface area contributed by atoms with Gasteiger partial charge in [-0.15, -0.1) is 11.3 Å². The number of ether oxygens (including phenoxy) is 3. The van der Waals surface area contributed by atoms with Crippen LogP contribution in [0.25, 0.3) is 0 Å². The van der Waals surface area contributed by atoms with Crippen LogP contribution in [0, 0.1) is 13.8 Å². The highest BCUT2D eigenvalue weighted by Crippen LogP contribution is 2.38. The number of hydrogen-bond donors (Lipinski definition) is 1. The molecule has 1 aliphatic rings. The van der Waals surface area contributed by atoms with Gasteiger partial charge in [-0.1, -0.05) is 0 Å². The van der Waals surface area contributed by atoms with Gasteiger partial charge in [0.15, 0.2) is 17.5 Å². The summed E-state index contributed by atoms with van der Waals surface area (Å²) in [5, 5.41) is 4.56. The molecule has 3 rings (SSSR count). The average molecular weight is 448 g/mol. The smallest absolute Gasteiger partial charge is 0.203 e. The number of methoxy groups -OCH3 is 3. The molecule has 2 heterocycles. The van der Waals surface area contributed by atoms with Crippen LogP contribution in [0.1, 0.15) is 21.1 Å². The first-order valence-corrected chi connectivity index (χ1v) is 11.2. The highest BCUT2D eigenvalue weighted by atomic mass is 32.1. The second-order valence-corrected chi connectivity index (χ2v) is 8.73. The largest absolute Gasteiger partial charge is 0.493 e. The Hall–Kier alpha value is -2.52. The molecule has 1 aromatic heterocycles. The zero-order valence-corrected chi connectivity index (χ0v) is 20.1. The van der Waals surface area contributed by atoms with Crippen molar-refractivity contribution in [2.75, 3.05) is 54.6 Å². The first-order valence-electron chi connectivity index (χ1n) is 10.4. The van der Waals surface area contributed by atoms with Crippen molar-refractivity contribution >= 4 is 17.3 Å². The lowest BCUT2D eigenvalue weighted by Gasteiger charge is -2.36. The summed E-state index contributed by atoms with van der Waals surface area (Å²) in [6.07, 6.45) is 0. The fraction of sp³-hybridized carbons (Fsp3) is 0.545. The quantitative estimate of drug-likeness (QED) is 0.517. The molecule has 31 heavy (non-hydrogen) atoms. The third kappa shape index (κ3) is 5.59. The van der Waals surface area contributed by atoms with E-state index in [1.165, 1.54) is 4.88 Å². The Bertz CT molecular complexity index is 862. The molecule has 1 fully saturated rings. The average Bonchev–Trinajstić information content (AvgIpc) is 3.11. The molecule has 0 atom stereocenters. The Labute approximate surface area is 188 Å². The van der Waals surface area contributed by atoms with Gasteiger partial charge < -0.3 is 24.4 Å². The number of aliphatic imine (C=N–C) groups is 1. The fourth-order valence-electron chi connectivity index (χ4n) is 3.70. The van der Waals surface area contributed by atoms with E-state index < -0.39 is 0 Å². The lowest BCUT2D eigenvalue weighted by molar-refractivity contribution is 0.172. The molecule has 0 aliphatic carbocycles. The lowest BCUT2D eigenvalue weighted by atomic mass is 10.1. The molecular weight excluding hydrogens is 414 g/mol. The molecule has 8 nitrogen and oxygen atoms in total. The number of nitrogens with one attached hydrogen (secondary N) is 1. The van der Waals surface area contributed by atoms with E-state index >= 15 is 0 Å². The van der Waals surface area contributed by atoms with Crippen molar-refractivity contribution in [2.24, 2.45) is 4.99 Å². The number of aromatic nitrogens is 1. The third-order valence-corrected chi connectivity index (χ3v) is 6.56. The summed E-state index contributed by atoms with van der Waals surface area (Å²) in [6.45, 7) is 9.43. The molecular formula is C22H33N5O3S. The summed E-state index contributed by atoms with van der Waals surface area (Å²) in [5.74, 6) is 2.93. The van der Waals surface area contributed by atoms with Crippen molar-refractivity contribution < 1.29 is 14.2 Å². The predicted molar refractivity (Wildman–Crippen MR) is 125 cm³/mol. The number of guanidine groups is 1. The van der Waals surface area contributed by atoms with Crippen LogP contribution in [0.4, 0.5) is 0 Å². The Morgan fingerprint density at radius 3 is 2.19 bits per heavy atom. The van der Waals surface area contributed by atoms with Crippen molar-refractivity contribution in [3.05, 3.63) is 33.3 Å². The Morgan fingerprint density at radius 2 is 1.71 bits per heavy atom. The first-order chi connectivity index (χ1) is 15.0. The van der Waals surface area contributed by atoms with E-state index in [2.05, 4.69) is 38.9 Å². The minimum Gasteiger partial charge on any atom is -0.493 e. The molecule has 0 amide bonds. The second-order valence-electron chi connectivity index (χ2n) is 7.45. The van der Waals surface area contributed by atoms with Crippen molar-refractivity contribution in [1.29, 1.82) is 0 Å². The fourth-order valence-corrected chi connectivity index (χ4v) is 4.58. The standard InChI is InChI=1S/C22H33N5O3S/c1-15-16(2)31-20(25-15)13-24-22(23-3)27-9-7-26(8-10-27)14-17-11-18(28-4)21(30-6)19(12-17)29-5/h11-12H,7-10,13-14H2,1-6H3,(H,23,24). The van der Waals surface area contributed by atoms with Crippen molar-refractivity contribution in [3.63, 3.8) is 0 Å². The third-order valence-electron chi connectivity index (χ3n) is 5.48. The van der Waals surface area contributed by atoms with Gasteiger partial charge in [0, 0.05) is 44.6 Å². The highest BCUT2D eigenvalue weighted by Gasteiger charge is 2.21. The number of thiazole rings is 1. The number of rotatable bonds is 7. The second kappa shape index (κ2) is 10.7. The molecule has 1 N–H and O–H groups in total. The number of piperazine rings is 1. The maximum absolute atomic E-state index is 5.48. The molecule has 2 aromatic rings. The maximum atomic E-state index is 5.48. The SMILES string of the molecule is CN=C(NCc1nc(C)c(C)s1)N1CCN(Cc2cc(OC)c(OC)c(OC)c2)CC1. The summed E-state index contributed by atoms with van der Waals surface area (Å²) >= 11 is 1.74. The van der Waals surface area contributed by atoms with Crippen LogP contribution in [0.2, 0.25) is 0 Å². The minimum absolute atomic E-state index is 0.624. The summed E-state index contributed by atoms with van der Waals surface area (Å²) in [7, 11) is 6.75. The number of benzene rings is 1. The van der Waals surface area contributed by atoms with Crippen LogP contribution in [0.3, 0.4) is 0 Å². The van der Waals surface area contributed by atoms with Gasteiger partial charge in [-0.25, -0.2) is 4.98 Å². The summed E-state index contributed by atoms with van der Waals surface area (Å²) in [6, 6.07) is 4.04. The van der Waals surface area contributed by atoms with E-state index in [0.29, 0.717) is 23.8 Å². The normalized spacial score (nSPS) is 15.2. The number of nitrogens with zero attached hydrogens (tertiary/aromatic N) is 4. The van der Waals surface area contributed by atoms with E-state index in [4.69, 9.17) is 14.2 Å². The molecule has 0 spiro atoms. The van der Waals surface area contributed by atoms with E-state index in [1.54, 1.807) is 32.7 Å². The van der Waals surface area contributed by atoms with Gasteiger partial charge in [0.05, 0.1) is 33.6 Å². The molecule has 0 bridgehead atoms. The molecule has 9 heteroatoms. The Balaban J connectivity index is 1.56. The van der Waals surface area contributed by atoms with Gasteiger partial charge in [-0.05, 0) is 31.5 Å². The Kier molecular flexibility index (Phi) is 7.97. The van der Waals surface area contributed by atoms with Crippen molar-refractivity contribution in [2.45, 2.75) is 26.9 Å². The number of hydrogen-bond acceptors (Lipinski definition) is 7. The molecule has 170 valence electrons. The topological polar surface area (TPSA) is 71.5 Å². The van der Waals surface area contributed by atoms with Gasteiger partial charge in [-0.3, -0.25) is 9.89 Å². The molecule has 0 saturated carbocycles. The van der Waals surface area contributed by atoms with Gasteiger partial charge in [-0.2, -0.15) is 0 Å². The highest BCUT2D eigenvalue weighted by molar-refractivity contribution is 7.11. The van der Waals surface area contributed by atoms with Crippen LogP contribution < -0.4 is 19.5 Å². The molecule has 1 aliphatic heterocycles. The lowest BCUT2D eigenvalue weighted by Crippen LogP contribution is -2.52.